The molecule has 14 heavy (non-hydrogen) atoms. The van der Waals surface area contributed by atoms with E-state index < -0.39 is 17.4 Å². The van der Waals surface area contributed by atoms with Gasteiger partial charge in [0.05, 0.1) is 20.3 Å². The van der Waals surface area contributed by atoms with Crippen LogP contribution in [-0.4, -0.2) is 26.2 Å². The average Bonchev–Trinajstić information content (AvgIpc) is 2.23. The van der Waals surface area contributed by atoms with Gasteiger partial charge in [0.1, 0.15) is 0 Å². The van der Waals surface area contributed by atoms with Crippen molar-refractivity contribution in [2.24, 2.45) is 5.41 Å². The monoisotopic (exact) mass is 199 g/mol. The number of hydrogen-bond donors (Lipinski definition) is 0. The van der Waals surface area contributed by atoms with Gasteiger partial charge in [-0.25, -0.2) is 0 Å². The minimum atomic E-state index is -1.38. The van der Waals surface area contributed by atoms with E-state index >= 15 is 0 Å². The van der Waals surface area contributed by atoms with Gasteiger partial charge in [0.2, 0.25) is 0 Å². The van der Waals surface area contributed by atoms with Gasteiger partial charge in [0.15, 0.2) is 5.41 Å². The molecule has 0 aliphatic heterocycles. The number of nitriles is 1. The molecule has 0 rings (SSSR count). The summed E-state index contributed by atoms with van der Waals surface area (Å²) in [6.45, 7) is 1.40. The van der Waals surface area contributed by atoms with Crippen LogP contribution in [0.4, 0.5) is 0 Å². The smallest absolute Gasteiger partial charge is 0.322 e. The maximum atomic E-state index is 11.3. The Morgan fingerprint density at radius 2 is 1.71 bits per heavy atom. The SMILES string of the molecule is COC(=O)C(C)(CCC#N)C(=O)OC. The molecule has 0 aliphatic carbocycles. The average molecular weight is 199 g/mol. The number of ether oxygens (including phenoxy) is 2. The van der Waals surface area contributed by atoms with Crippen LogP contribution in [0, 0.1) is 16.7 Å². The summed E-state index contributed by atoms with van der Waals surface area (Å²) >= 11 is 0. The van der Waals surface area contributed by atoms with Gasteiger partial charge in [-0.1, -0.05) is 0 Å². The molecule has 78 valence electrons. The molecule has 0 bridgehead atoms. The lowest BCUT2D eigenvalue weighted by Gasteiger charge is -2.22. The molecule has 0 spiro atoms. The third kappa shape index (κ3) is 2.46. The summed E-state index contributed by atoms with van der Waals surface area (Å²) < 4.78 is 8.97. The van der Waals surface area contributed by atoms with Gasteiger partial charge >= 0.3 is 11.9 Å². The molecule has 5 heteroatoms. The van der Waals surface area contributed by atoms with Crippen molar-refractivity contribution < 1.29 is 19.1 Å². The molecule has 0 saturated carbocycles. The summed E-state index contributed by atoms with van der Waals surface area (Å²) in [6, 6.07) is 1.87. The highest BCUT2D eigenvalue weighted by atomic mass is 16.5. The molecule has 0 aromatic carbocycles. The van der Waals surface area contributed by atoms with E-state index in [9.17, 15) is 9.59 Å². The van der Waals surface area contributed by atoms with Crippen molar-refractivity contribution in [1.82, 2.24) is 0 Å². The molecule has 5 nitrogen and oxygen atoms in total. The lowest BCUT2D eigenvalue weighted by atomic mass is 9.86. The van der Waals surface area contributed by atoms with Crippen molar-refractivity contribution in [3.63, 3.8) is 0 Å². The van der Waals surface area contributed by atoms with E-state index in [-0.39, 0.29) is 12.8 Å². The first kappa shape index (κ1) is 12.4. The third-order valence-corrected chi connectivity index (χ3v) is 2.01. The Balaban J connectivity index is 4.76. The van der Waals surface area contributed by atoms with Crippen LogP contribution in [-0.2, 0) is 19.1 Å². The van der Waals surface area contributed by atoms with Crippen LogP contribution in [0.15, 0.2) is 0 Å². The zero-order valence-corrected chi connectivity index (χ0v) is 8.49. The first-order chi connectivity index (χ1) is 6.52. The molecule has 0 aliphatic rings. The Kier molecular flexibility index (Phi) is 4.64. The van der Waals surface area contributed by atoms with E-state index in [0.29, 0.717) is 0 Å². The second-order valence-electron chi connectivity index (χ2n) is 2.97. The van der Waals surface area contributed by atoms with Crippen molar-refractivity contribution in [1.29, 1.82) is 5.26 Å². The highest BCUT2D eigenvalue weighted by molar-refractivity contribution is 5.99. The van der Waals surface area contributed by atoms with Gasteiger partial charge in [0, 0.05) is 6.42 Å². The van der Waals surface area contributed by atoms with E-state index in [0.717, 1.165) is 0 Å². The molecule has 0 atom stereocenters. The molecule has 0 amide bonds. The summed E-state index contributed by atoms with van der Waals surface area (Å²) in [5, 5.41) is 8.38. The van der Waals surface area contributed by atoms with Crippen LogP contribution in [0.3, 0.4) is 0 Å². The zero-order chi connectivity index (χ0) is 11.2. The number of rotatable bonds is 4. The van der Waals surface area contributed by atoms with Gasteiger partial charge in [-0.3, -0.25) is 9.59 Å². The quantitative estimate of drug-likeness (QED) is 0.490. The Hall–Kier alpha value is -1.57. The number of hydrogen-bond acceptors (Lipinski definition) is 5. The van der Waals surface area contributed by atoms with Crippen molar-refractivity contribution in [3.8, 4) is 6.07 Å². The van der Waals surface area contributed by atoms with Crippen LogP contribution < -0.4 is 0 Å². The van der Waals surface area contributed by atoms with Crippen LogP contribution >= 0.6 is 0 Å². The molecule has 0 aromatic rings. The first-order valence-corrected chi connectivity index (χ1v) is 4.06. The number of nitrogens with zero attached hydrogens (tertiary/aromatic N) is 1. The number of carbonyl (C=O) groups is 2. The Morgan fingerprint density at radius 3 is 2.00 bits per heavy atom. The number of methoxy groups -OCH3 is 2. The standard InChI is InChI=1S/C9H13NO4/c1-9(5-4-6-10,7(11)13-2)8(12)14-3/h4-5H2,1-3H3. The summed E-state index contributed by atoms with van der Waals surface area (Å²) in [5.74, 6) is -1.36. The van der Waals surface area contributed by atoms with Crippen LogP contribution in [0.25, 0.3) is 0 Å². The fourth-order valence-corrected chi connectivity index (χ4v) is 1.04. The largest absolute Gasteiger partial charge is 0.468 e. The Labute approximate surface area is 82.6 Å². The van der Waals surface area contributed by atoms with Crippen LogP contribution in [0.1, 0.15) is 19.8 Å². The van der Waals surface area contributed by atoms with Crippen LogP contribution in [0.5, 0.6) is 0 Å². The van der Waals surface area contributed by atoms with E-state index in [1.165, 1.54) is 21.1 Å². The molecule has 0 N–H and O–H groups in total. The van der Waals surface area contributed by atoms with Crippen molar-refractivity contribution >= 4 is 11.9 Å². The third-order valence-electron chi connectivity index (χ3n) is 2.01. The lowest BCUT2D eigenvalue weighted by molar-refractivity contribution is -0.168. The normalized spacial score (nSPS) is 10.1. The molecular formula is C9H13NO4. The van der Waals surface area contributed by atoms with Gasteiger partial charge in [0.25, 0.3) is 0 Å². The van der Waals surface area contributed by atoms with Crippen molar-refractivity contribution in [3.05, 3.63) is 0 Å². The minimum absolute atomic E-state index is 0.0979. The topological polar surface area (TPSA) is 76.4 Å². The summed E-state index contributed by atoms with van der Waals surface area (Å²) in [4.78, 5) is 22.6. The zero-order valence-electron chi connectivity index (χ0n) is 8.49. The molecule has 0 saturated heterocycles. The molecule has 0 unspecified atom stereocenters. The fourth-order valence-electron chi connectivity index (χ4n) is 1.04. The van der Waals surface area contributed by atoms with E-state index in [1.807, 2.05) is 6.07 Å². The maximum absolute atomic E-state index is 11.3. The van der Waals surface area contributed by atoms with Crippen LogP contribution in [0.2, 0.25) is 0 Å². The summed E-state index contributed by atoms with van der Waals surface area (Å²) in [5.41, 5.74) is -1.38. The van der Waals surface area contributed by atoms with Gasteiger partial charge in [-0.2, -0.15) is 5.26 Å². The highest BCUT2D eigenvalue weighted by Crippen LogP contribution is 2.26. The number of carbonyl (C=O) groups excluding carboxylic acids is 2. The first-order valence-electron chi connectivity index (χ1n) is 4.06. The molecule has 0 heterocycles. The molecular weight excluding hydrogens is 186 g/mol. The second-order valence-corrected chi connectivity index (χ2v) is 2.97. The highest BCUT2D eigenvalue weighted by Gasteiger charge is 2.43. The molecule has 0 fully saturated rings. The minimum Gasteiger partial charge on any atom is -0.468 e. The van der Waals surface area contributed by atoms with Crippen molar-refractivity contribution in [2.75, 3.05) is 14.2 Å². The Morgan fingerprint density at radius 1 is 1.29 bits per heavy atom. The number of esters is 2. The van der Waals surface area contributed by atoms with Crippen molar-refractivity contribution in [2.45, 2.75) is 19.8 Å². The van der Waals surface area contributed by atoms with E-state index in [1.54, 1.807) is 0 Å². The predicted molar refractivity (Wildman–Crippen MR) is 47.0 cm³/mol. The lowest BCUT2D eigenvalue weighted by Crippen LogP contribution is -2.38. The van der Waals surface area contributed by atoms with Gasteiger partial charge in [-0.15, -0.1) is 0 Å². The maximum Gasteiger partial charge on any atom is 0.322 e. The molecule has 0 aromatic heterocycles. The fraction of sp³-hybridized carbons (Fsp3) is 0.667. The summed E-state index contributed by atoms with van der Waals surface area (Å²) in [6.07, 6.45) is 0.198. The molecule has 0 radical (unpaired) electrons. The van der Waals surface area contributed by atoms with Gasteiger partial charge in [-0.05, 0) is 13.3 Å². The Bertz CT molecular complexity index is 250. The van der Waals surface area contributed by atoms with E-state index in [2.05, 4.69) is 9.47 Å². The summed E-state index contributed by atoms with van der Waals surface area (Å²) in [7, 11) is 2.38. The predicted octanol–water partition coefficient (Wildman–Crippen LogP) is 0.642. The van der Waals surface area contributed by atoms with E-state index in [4.69, 9.17) is 5.26 Å². The second kappa shape index (κ2) is 5.22. The van der Waals surface area contributed by atoms with Gasteiger partial charge < -0.3 is 9.47 Å².